The van der Waals surface area contributed by atoms with Crippen LogP contribution in [-0.4, -0.2) is 31.5 Å². The minimum Gasteiger partial charge on any atom is -0.456 e. The van der Waals surface area contributed by atoms with Crippen LogP contribution in [0.3, 0.4) is 0 Å². The fourth-order valence-corrected chi connectivity index (χ4v) is 3.45. The van der Waals surface area contributed by atoms with Gasteiger partial charge in [-0.25, -0.2) is 15.0 Å². The van der Waals surface area contributed by atoms with E-state index in [-0.39, 0.29) is 17.5 Å². The molecule has 0 saturated carbocycles. The Labute approximate surface area is 200 Å². The Morgan fingerprint density at radius 2 is 1.91 bits per heavy atom. The van der Waals surface area contributed by atoms with Crippen LogP contribution in [0.4, 0.5) is 11.8 Å². The van der Waals surface area contributed by atoms with Crippen molar-refractivity contribution in [1.29, 1.82) is 0 Å². The molecule has 0 radical (unpaired) electrons. The van der Waals surface area contributed by atoms with Crippen LogP contribution in [0.25, 0.3) is 22.2 Å². The number of anilines is 2. The molecule has 1 amide bonds. The molecular weight excluding hydrogens is 456 g/mol. The first-order chi connectivity index (χ1) is 16.2. The highest BCUT2D eigenvalue weighted by Crippen LogP contribution is 2.32. The molecule has 0 saturated heterocycles. The van der Waals surface area contributed by atoms with Crippen LogP contribution in [-0.2, 0) is 11.8 Å². The van der Waals surface area contributed by atoms with Gasteiger partial charge in [-0.05, 0) is 38.1 Å². The Bertz CT molecular complexity index is 1450. The molecule has 9 nitrogen and oxygen atoms in total. The predicted molar refractivity (Wildman–Crippen MR) is 133 cm³/mol. The number of carbonyl (C=O) groups is 1. The first-order valence-electron chi connectivity index (χ1n) is 10.6. The summed E-state index contributed by atoms with van der Waals surface area (Å²) in [6.07, 6.45) is 2.95. The molecule has 0 unspecified atom stereocenters. The molecule has 0 aliphatic rings. The molecule has 2 N–H and O–H groups in total. The number of halogens is 1. The number of nitrogens with zero attached hydrogens (tertiary/aromatic N) is 4. The van der Waals surface area contributed by atoms with E-state index in [0.717, 1.165) is 5.39 Å². The zero-order chi connectivity index (χ0) is 24.4. The standard InChI is InChI=1S/C24H23ClN6O3/c1-13(2)28-24-27-11-17(23(33)31(24)4)20-7-5-15-9-16(6-8-19(15)30-20)34-21-10-22(29-14(3)32)26-12-18(21)25/h5-13H,1-4H3,(H,27,28)(H,26,29,32). The van der Waals surface area contributed by atoms with Crippen molar-refractivity contribution in [3.8, 4) is 22.8 Å². The zero-order valence-corrected chi connectivity index (χ0v) is 19.8. The Kier molecular flexibility index (Phi) is 6.47. The van der Waals surface area contributed by atoms with Gasteiger partial charge in [0, 0.05) is 37.7 Å². The molecular formula is C24H23ClN6O3. The van der Waals surface area contributed by atoms with Gasteiger partial charge in [0.1, 0.15) is 16.6 Å². The molecule has 10 heteroatoms. The van der Waals surface area contributed by atoms with Gasteiger partial charge < -0.3 is 15.4 Å². The van der Waals surface area contributed by atoms with Crippen molar-refractivity contribution < 1.29 is 9.53 Å². The minimum atomic E-state index is -0.246. The number of ether oxygens (including phenoxy) is 1. The van der Waals surface area contributed by atoms with Gasteiger partial charge in [-0.2, -0.15) is 0 Å². The Balaban J connectivity index is 1.63. The Morgan fingerprint density at radius 3 is 2.65 bits per heavy atom. The summed E-state index contributed by atoms with van der Waals surface area (Å²) in [4.78, 5) is 37.2. The van der Waals surface area contributed by atoms with Gasteiger partial charge in [0.15, 0.2) is 5.75 Å². The van der Waals surface area contributed by atoms with Gasteiger partial charge in [-0.1, -0.05) is 17.7 Å². The lowest BCUT2D eigenvalue weighted by Gasteiger charge is -2.13. The zero-order valence-electron chi connectivity index (χ0n) is 19.1. The molecule has 0 atom stereocenters. The van der Waals surface area contributed by atoms with Crippen LogP contribution >= 0.6 is 11.6 Å². The maximum atomic E-state index is 12.9. The number of nitrogens with one attached hydrogen (secondary N) is 2. The molecule has 0 fully saturated rings. The Morgan fingerprint density at radius 1 is 1.12 bits per heavy atom. The van der Waals surface area contributed by atoms with Gasteiger partial charge in [-0.3, -0.25) is 14.2 Å². The summed E-state index contributed by atoms with van der Waals surface area (Å²) in [6, 6.07) is 10.7. The Hall–Kier alpha value is -3.98. The highest BCUT2D eigenvalue weighted by atomic mass is 35.5. The average Bonchev–Trinajstić information content (AvgIpc) is 2.78. The minimum absolute atomic E-state index is 0.151. The highest BCUT2D eigenvalue weighted by Gasteiger charge is 2.13. The van der Waals surface area contributed by atoms with Crippen molar-refractivity contribution in [3.63, 3.8) is 0 Å². The molecule has 3 heterocycles. The summed E-state index contributed by atoms with van der Waals surface area (Å²) in [7, 11) is 1.68. The van der Waals surface area contributed by atoms with E-state index in [4.69, 9.17) is 16.3 Å². The van der Waals surface area contributed by atoms with Crippen molar-refractivity contribution in [2.75, 3.05) is 10.6 Å². The summed E-state index contributed by atoms with van der Waals surface area (Å²) >= 11 is 6.20. The normalized spacial score (nSPS) is 11.0. The van der Waals surface area contributed by atoms with Crippen LogP contribution in [0.1, 0.15) is 20.8 Å². The van der Waals surface area contributed by atoms with Crippen molar-refractivity contribution >= 4 is 40.2 Å². The van der Waals surface area contributed by atoms with E-state index in [1.54, 1.807) is 31.3 Å². The predicted octanol–water partition coefficient (Wildman–Crippen LogP) is 4.61. The average molecular weight is 479 g/mol. The summed E-state index contributed by atoms with van der Waals surface area (Å²) in [5, 5.41) is 6.87. The number of benzene rings is 1. The number of fused-ring (bicyclic) bond motifs is 1. The molecule has 0 aliphatic heterocycles. The summed E-state index contributed by atoms with van der Waals surface area (Å²) in [5.41, 5.74) is 1.44. The highest BCUT2D eigenvalue weighted by molar-refractivity contribution is 6.32. The lowest BCUT2D eigenvalue weighted by Crippen LogP contribution is -2.25. The van der Waals surface area contributed by atoms with Gasteiger partial charge in [0.2, 0.25) is 11.9 Å². The topological polar surface area (TPSA) is 111 Å². The number of hydrogen-bond acceptors (Lipinski definition) is 7. The molecule has 0 bridgehead atoms. The first kappa shape index (κ1) is 23.2. The summed E-state index contributed by atoms with van der Waals surface area (Å²) in [5.74, 6) is 1.48. The molecule has 0 aliphatic carbocycles. The third kappa shape index (κ3) is 4.99. The van der Waals surface area contributed by atoms with Crippen LogP contribution in [0.2, 0.25) is 5.02 Å². The third-order valence-corrected chi connectivity index (χ3v) is 5.16. The number of amides is 1. The number of rotatable bonds is 6. The van der Waals surface area contributed by atoms with Crippen LogP contribution < -0.4 is 20.9 Å². The summed E-state index contributed by atoms with van der Waals surface area (Å²) < 4.78 is 7.39. The molecule has 4 rings (SSSR count). The number of pyridine rings is 2. The quantitative estimate of drug-likeness (QED) is 0.416. The number of hydrogen-bond donors (Lipinski definition) is 2. The molecule has 3 aromatic heterocycles. The summed E-state index contributed by atoms with van der Waals surface area (Å²) in [6.45, 7) is 5.35. The monoisotopic (exact) mass is 478 g/mol. The van der Waals surface area contributed by atoms with Crippen molar-refractivity contribution in [2.24, 2.45) is 7.05 Å². The van der Waals surface area contributed by atoms with E-state index in [0.29, 0.717) is 45.1 Å². The maximum absolute atomic E-state index is 12.9. The van der Waals surface area contributed by atoms with Crippen LogP contribution in [0.5, 0.6) is 11.5 Å². The van der Waals surface area contributed by atoms with Crippen LogP contribution in [0.15, 0.2) is 53.6 Å². The van der Waals surface area contributed by atoms with E-state index in [9.17, 15) is 9.59 Å². The second-order valence-electron chi connectivity index (χ2n) is 7.99. The smallest absolute Gasteiger partial charge is 0.264 e. The largest absolute Gasteiger partial charge is 0.456 e. The van der Waals surface area contributed by atoms with E-state index in [2.05, 4.69) is 25.6 Å². The van der Waals surface area contributed by atoms with Crippen LogP contribution in [0, 0.1) is 0 Å². The fraction of sp³-hybridized carbons (Fsp3) is 0.208. The van der Waals surface area contributed by atoms with Gasteiger partial charge in [-0.15, -0.1) is 0 Å². The van der Waals surface area contributed by atoms with Crippen molar-refractivity contribution in [2.45, 2.75) is 26.8 Å². The molecule has 0 spiro atoms. The van der Waals surface area contributed by atoms with Gasteiger partial charge >= 0.3 is 0 Å². The molecule has 34 heavy (non-hydrogen) atoms. The van der Waals surface area contributed by atoms with E-state index >= 15 is 0 Å². The van der Waals surface area contributed by atoms with Gasteiger partial charge in [0.25, 0.3) is 5.56 Å². The van der Waals surface area contributed by atoms with Crippen molar-refractivity contribution in [3.05, 3.63) is 64.2 Å². The van der Waals surface area contributed by atoms with E-state index in [1.807, 2.05) is 26.0 Å². The SMILES string of the molecule is CC(=O)Nc1cc(Oc2ccc3nc(-c4cnc(NC(C)C)n(C)c4=O)ccc3c2)c(Cl)cn1. The van der Waals surface area contributed by atoms with Gasteiger partial charge in [0.05, 0.1) is 23.0 Å². The van der Waals surface area contributed by atoms with Crippen molar-refractivity contribution in [1.82, 2.24) is 19.5 Å². The van der Waals surface area contributed by atoms with E-state index in [1.165, 1.54) is 23.9 Å². The fourth-order valence-electron chi connectivity index (χ4n) is 3.30. The molecule has 1 aromatic carbocycles. The number of carbonyl (C=O) groups excluding carboxylic acids is 1. The van der Waals surface area contributed by atoms with E-state index < -0.39 is 0 Å². The molecule has 174 valence electrons. The second kappa shape index (κ2) is 9.48. The first-order valence-corrected chi connectivity index (χ1v) is 10.9. The number of aromatic nitrogens is 4. The lowest BCUT2D eigenvalue weighted by atomic mass is 10.1. The third-order valence-electron chi connectivity index (χ3n) is 4.88. The second-order valence-corrected chi connectivity index (χ2v) is 8.40. The molecule has 4 aromatic rings. The lowest BCUT2D eigenvalue weighted by molar-refractivity contribution is -0.114. The maximum Gasteiger partial charge on any atom is 0.264 e.